The molecule has 0 unspecified atom stereocenters. The Labute approximate surface area is 235 Å². The largest absolute Gasteiger partial charge is 0.454 e. The van der Waals surface area contributed by atoms with Crippen LogP contribution in [0.2, 0.25) is 0 Å². The first-order valence-electron chi connectivity index (χ1n) is 13.0. The number of halogens is 1. The number of benzene rings is 3. The van der Waals surface area contributed by atoms with E-state index >= 15 is 0 Å². The van der Waals surface area contributed by atoms with E-state index in [0.29, 0.717) is 29.1 Å². The number of allylic oxidation sites excluding steroid dienone is 1. The minimum atomic E-state index is -0.593. The Morgan fingerprint density at radius 3 is 2.54 bits per heavy atom. The molecule has 1 fully saturated rings. The predicted molar refractivity (Wildman–Crippen MR) is 152 cm³/mol. The number of amides is 3. The second-order valence-electron chi connectivity index (χ2n) is 10.2. The van der Waals surface area contributed by atoms with Crippen molar-refractivity contribution in [3.8, 4) is 17.2 Å². The van der Waals surface area contributed by atoms with E-state index in [1.807, 2.05) is 19.9 Å². The number of para-hydroxylation sites is 1. The maximum atomic E-state index is 14.0. The fraction of sp³-hybridized carbons (Fsp3) is 0.161. The van der Waals surface area contributed by atoms with Crippen molar-refractivity contribution in [3.05, 3.63) is 100 Å². The molecule has 2 heterocycles. The zero-order valence-electron chi connectivity index (χ0n) is 22.6. The highest BCUT2D eigenvalue weighted by Crippen LogP contribution is 2.35. The minimum Gasteiger partial charge on any atom is -0.454 e. The van der Waals surface area contributed by atoms with Crippen LogP contribution in [-0.4, -0.2) is 33.5 Å². The molecule has 4 aromatic rings. The average Bonchev–Trinajstić information content (AvgIpc) is 3.59. The van der Waals surface area contributed by atoms with Gasteiger partial charge in [0.05, 0.1) is 23.1 Å². The number of urea groups is 1. The minimum absolute atomic E-state index is 0.115. The third kappa shape index (κ3) is 4.43. The van der Waals surface area contributed by atoms with Gasteiger partial charge in [-0.25, -0.2) is 18.8 Å². The Kier molecular flexibility index (Phi) is 6.18. The van der Waals surface area contributed by atoms with E-state index in [1.165, 1.54) is 16.9 Å². The van der Waals surface area contributed by atoms with Gasteiger partial charge in [0.2, 0.25) is 0 Å². The Balaban J connectivity index is 1.23. The Morgan fingerprint density at radius 1 is 1.07 bits per heavy atom. The molecule has 2 aliphatic rings. The molecule has 0 radical (unpaired) electrons. The lowest BCUT2D eigenvalue weighted by molar-refractivity contribution is -0.117. The maximum absolute atomic E-state index is 14.0. The molecule has 9 nitrogen and oxygen atoms in total. The van der Waals surface area contributed by atoms with Crippen LogP contribution >= 0.6 is 0 Å². The third-order valence-electron chi connectivity index (χ3n) is 7.35. The monoisotopic (exact) mass is 551 g/mol. The highest BCUT2D eigenvalue weighted by Gasteiger charge is 2.37. The average molecular weight is 552 g/mol. The summed E-state index contributed by atoms with van der Waals surface area (Å²) in [6, 6.07) is 13.9. The fourth-order valence-electron chi connectivity index (χ4n) is 5.19. The van der Waals surface area contributed by atoms with Gasteiger partial charge in [-0.3, -0.25) is 9.59 Å². The van der Waals surface area contributed by atoms with Crippen LogP contribution < -0.4 is 20.7 Å². The van der Waals surface area contributed by atoms with Gasteiger partial charge in [-0.1, -0.05) is 12.1 Å². The Hall–Kier alpha value is -5.25. The van der Waals surface area contributed by atoms with Gasteiger partial charge in [-0.2, -0.15) is 5.10 Å². The van der Waals surface area contributed by atoms with Crippen LogP contribution in [0.25, 0.3) is 11.8 Å². The highest BCUT2D eigenvalue weighted by molar-refractivity contribution is 6.22. The van der Waals surface area contributed by atoms with Crippen molar-refractivity contribution >= 4 is 35.3 Å². The molecule has 1 aromatic heterocycles. The molecule has 3 amide bonds. The molecule has 6 rings (SSSR count). The molecule has 206 valence electrons. The van der Waals surface area contributed by atoms with E-state index in [9.17, 15) is 18.8 Å². The summed E-state index contributed by atoms with van der Waals surface area (Å²) >= 11 is 0. The molecule has 0 bridgehead atoms. The highest BCUT2D eigenvalue weighted by atomic mass is 19.1. The number of hydrogen-bond acceptors (Lipinski definition) is 6. The summed E-state index contributed by atoms with van der Waals surface area (Å²) < 4.78 is 21.2. The Bertz CT molecular complexity index is 1810. The number of nitrogens with one attached hydrogen (secondary N) is 1. The molecule has 0 saturated carbocycles. The summed E-state index contributed by atoms with van der Waals surface area (Å²) in [5.74, 6) is -0.294. The quantitative estimate of drug-likeness (QED) is 0.249. The lowest BCUT2D eigenvalue weighted by Gasteiger charge is -2.17. The second-order valence-corrected chi connectivity index (χ2v) is 10.2. The first kappa shape index (κ1) is 26.0. The van der Waals surface area contributed by atoms with Crippen molar-refractivity contribution < 1.29 is 23.5 Å². The molecule has 1 atom stereocenters. The number of nitrogens with two attached hydrogens (primary N) is 1. The summed E-state index contributed by atoms with van der Waals surface area (Å²) in [5, 5.41) is 7.00. The topological polar surface area (TPSA) is 120 Å². The molecular formula is C31H26FN5O4. The van der Waals surface area contributed by atoms with Crippen LogP contribution in [0.5, 0.6) is 11.5 Å². The number of carbonyl (C=O) groups is 3. The zero-order chi connectivity index (χ0) is 29.0. The van der Waals surface area contributed by atoms with Crippen LogP contribution in [0, 0.1) is 19.7 Å². The van der Waals surface area contributed by atoms with Crippen LogP contribution in [0.15, 0.2) is 66.4 Å². The van der Waals surface area contributed by atoms with Crippen molar-refractivity contribution in [1.82, 2.24) is 15.1 Å². The number of nitrogens with zero attached hydrogens (tertiary/aromatic N) is 3. The molecule has 41 heavy (non-hydrogen) atoms. The van der Waals surface area contributed by atoms with Crippen LogP contribution in [0.4, 0.5) is 20.7 Å². The van der Waals surface area contributed by atoms with E-state index in [2.05, 4.69) is 10.4 Å². The van der Waals surface area contributed by atoms with E-state index in [0.717, 1.165) is 27.2 Å². The number of carbonyl (C=O) groups excluding carboxylic acids is 3. The number of nitrogen functional groups attached to an aromatic ring is 1. The van der Waals surface area contributed by atoms with E-state index in [-0.39, 0.29) is 28.8 Å². The van der Waals surface area contributed by atoms with Crippen molar-refractivity contribution in [1.29, 1.82) is 0 Å². The summed E-state index contributed by atoms with van der Waals surface area (Å²) in [5.41, 5.74) is 11.5. The smallest absolute Gasteiger partial charge is 0.329 e. The summed E-state index contributed by atoms with van der Waals surface area (Å²) in [4.78, 5) is 39.6. The maximum Gasteiger partial charge on any atom is 0.329 e. The van der Waals surface area contributed by atoms with Gasteiger partial charge >= 0.3 is 6.03 Å². The van der Waals surface area contributed by atoms with Gasteiger partial charge in [0.25, 0.3) is 5.91 Å². The van der Waals surface area contributed by atoms with Crippen molar-refractivity contribution in [2.45, 2.75) is 33.2 Å². The van der Waals surface area contributed by atoms with Crippen molar-refractivity contribution in [2.24, 2.45) is 0 Å². The number of aryl methyl sites for hydroxylation is 2. The number of fused-ring (bicyclic) bond motifs is 1. The number of imide groups is 1. The molecular weight excluding hydrogens is 525 g/mol. The molecule has 3 N–H and O–H groups in total. The molecule has 1 aliphatic carbocycles. The van der Waals surface area contributed by atoms with Crippen molar-refractivity contribution in [2.75, 3.05) is 10.6 Å². The van der Waals surface area contributed by atoms with E-state index < -0.39 is 17.9 Å². The SMILES string of the molecule is Cc1cc2c(cc1N1C(=O)N[C@@H](C)C1=O)CC(C(=O)c1cnn(-c3ccc(Oc4ccccc4F)cc3C)c1N)=C2. The summed E-state index contributed by atoms with van der Waals surface area (Å²) in [6.07, 6.45) is 3.57. The number of anilines is 2. The molecule has 0 spiro atoms. The number of hydrogen-bond donors (Lipinski definition) is 2. The lowest BCUT2D eigenvalue weighted by Crippen LogP contribution is -2.31. The number of rotatable bonds is 6. The number of aromatic nitrogens is 2. The van der Waals surface area contributed by atoms with Gasteiger partial charge < -0.3 is 15.8 Å². The standard InChI is InChI=1S/C31H26FN5O4/c1-16-10-19-12-21(13-20(19)14-26(16)36-30(39)18(3)35-31(36)40)28(38)23-15-34-37(29(23)33)25-9-8-22(11-17(25)2)41-27-7-5-4-6-24(27)32/h4-12,14-15,18H,13,33H2,1-3H3,(H,35,40)/t18-/m0/s1. The number of Topliss-reactive ketones (excluding diaryl/α,β-unsaturated/α-hetero) is 1. The van der Waals surface area contributed by atoms with Gasteiger partial charge in [0.15, 0.2) is 17.3 Å². The zero-order valence-corrected chi connectivity index (χ0v) is 22.6. The fourth-order valence-corrected chi connectivity index (χ4v) is 5.19. The van der Waals surface area contributed by atoms with Gasteiger partial charge in [0, 0.05) is 12.0 Å². The normalized spacial score (nSPS) is 16.0. The number of ether oxygens (including phenoxy) is 1. The predicted octanol–water partition coefficient (Wildman–Crippen LogP) is 5.27. The van der Waals surface area contributed by atoms with E-state index in [4.69, 9.17) is 10.5 Å². The van der Waals surface area contributed by atoms with Gasteiger partial charge in [0.1, 0.15) is 17.6 Å². The van der Waals surface area contributed by atoms with Gasteiger partial charge in [-0.05, 0) is 91.6 Å². The molecule has 1 saturated heterocycles. The Morgan fingerprint density at radius 2 is 1.83 bits per heavy atom. The summed E-state index contributed by atoms with van der Waals surface area (Å²) in [6.45, 7) is 5.31. The number of ketones is 1. The first-order chi connectivity index (χ1) is 19.6. The molecule has 3 aromatic carbocycles. The second kappa shape index (κ2) is 9.74. The summed E-state index contributed by atoms with van der Waals surface area (Å²) in [7, 11) is 0. The van der Waals surface area contributed by atoms with Crippen molar-refractivity contribution in [3.63, 3.8) is 0 Å². The van der Waals surface area contributed by atoms with Crippen LogP contribution in [0.3, 0.4) is 0 Å². The molecule has 1 aliphatic heterocycles. The van der Waals surface area contributed by atoms with Crippen LogP contribution in [-0.2, 0) is 11.2 Å². The first-order valence-corrected chi connectivity index (χ1v) is 13.0. The lowest BCUT2D eigenvalue weighted by atomic mass is 10.0. The molecule has 10 heteroatoms. The van der Waals surface area contributed by atoms with Crippen LogP contribution in [0.1, 0.15) is 39.5 Å². The third-order valence-corrected chi connectivity index (χ3v) is 7.35. The van der Waals surface area contributed by atoms with E-state index in [1.54, 1.807) is 55.5 Å². The van der Waals surface area contributed by atoms with Gasteiger partial charge in [-0.15, -0.1) is 0 Å².